The number of fused-ring (bicyclic) bond motifs is 1. The first-order valence-electron chi connectivity index (χ1n) is 4.30. The molecule has 2 N–H and O–H groups in total. The second-order valence-electron chi connectivity index (χ2n) is 2.94. The third-order valence-corrected chi connectivity index (χ3v) is 3.01. The number of nitrogen functional groups attached to an aromatic ring is 1. The lowest BCUT2D eigenvalue weighted by molar-refractivity contribution is 0.940. The Hall–Kier alpha value is -1.16. The van der Waals surface area contributed by atoms with Gasteiger partial charge in [0.2, 0.25) is 0 Å². The van der Waals surface area contributed by atoms with E-state index in [0.29, 0.717) is 5.82 Å². The number of nitrogens with zero attached hydrogens (tertiary/aromatic N) is 2. The molecule has 0 fully saturated rings. The molecule has 0 aliphatic carbocycles. The Morgan fingerprint density at radius 1 is 1.46 bits per heavy atom. The van der Waals surface area contributed by atoms with Crippen LogP contribution in [-0.2, 0) is 6.42 Å². The number of aryl methyl sites for hydroxylation is 1. The highest BCUT2D eigenvalue weighted by molar-refractivity contribution is 7.18. The Kier molecular flexibility index (Phi) is 2.14. The Labute approximate surface area is 80.6 Å². The summed E-state index contributed by atoms with van der Waals surface area (Å²) in [4.78, 5) is 10.5. The van der Waals surface area contributed by atoms with E-state index in [9.17, 15) is 0 Å². The van der Waals surface area contributed by atoms with Gasteiger partial charge in [-0.3, -0.25) is 0 Å². The summed E-state index contributed by atoms with van der Waals surface area (Å²) in [5.41, 5.74) is 5.72. The molecule has 2 aromatic heterocycles. The zero-order chi connectivity index (χ0) is 9.26. The van der Waals surface area contributed by atoms with Gasteiger partial charge < -0.3 is 5.73 Å². The van der Waals surface area contributed by atoms with E-state index in [1.165, 1.54) is 11.2 Å². The predicted octanol–water partition coefficient (Wildman–Crippen LogP) is 2.23. The van der Waals surface area contributed by atoms with Crippen molar-refractivity contribution in [1.82, 2.24) is 9.97 Å². The average molecular weight is 193 g/mol. The van der Waals surface area contributed by atoms with Gasteiger partial charge >= 0.3 is 0 Å². The van der Waals surface area contributed by atoms with Gasteiger partial charge in [-0.2, -0.15) is 0 Å². The Bertz CT molecular complexity index is 422. The topological polar surface area (TPSA) is 51.8 Å². The summed E-state index contributed by atoms with van der Waals surface area (Å²) < 4.78 is 0. The zero-order valence-corrected chi connectivity index (χ0v) is 8.27. The molecule has 0 radical (unpaired) electrons. The monoisotopic (exact) mass is 193 g/mol. The maximum atomic E-state index is 5.72. The van der Waals surface area contributed by atoms with Crippen molar-refractivity contribution in [3.8, 4) is 0 Å². The summed E-state index contributed by atoms with van der Waals surface area (Å²) in [5, 5.41) is 0.996. The Morgan fingerprint density at radius 2 is 2.31 bits per heavy atom. The highest BCUT2D eigenvalue weighted by Crippen LogP contribution is 2.27. The van der Waals surface area contributed by atoms with Crippen molar-refractivity contribution >= 4 is 27.4 Å². The fourth-order valence-electron chi connectivity index (χ4n) is 1.29. The molecule has 0 atom stereocenters. The minimum absolute atomic E-state index is 0.587. The normalized spacial score (nSPS) is 10.8. The van der Waals surface area contributed by atoms with Crippen LogP contribution in [0.5, 0.6) is 0 Å². The van der Waals surface area contributed by atoms with Gasteiger partial charge in [-0.05, 0) is 12.5 Å². The number of anilines is 1. The minimum atomic E-state index is 0.587. The highest BCUT2D eigenvalue weighted by atomic mass is 32.1. The molecule has 0 aliphatic heterocycles. The van der Waals surface area contributed by atoms with E-state index in [2.05, 4.69) is 23.0 Å². The van der Waals surface area contributed by atoms with Gasteiger partial charge in [-0.15, -0.1) is 11.3 Å². The molecule has 0 aromatic carbocycles. The first-order chi connectivity index (χ1) is 6.31. The number of hydrogen-bond donors (Lipinski definition) is 1. The van der Waals surface area contributed by atoms with Crippen molar-refractivity contribution in [2.24, 2.45) is 0 Å². The van der Waals surface area contributed by atoms with E-state index in [1.807, 2.05) is 0 Å². The van der Waals surface area contributed by atoms with Crippen LogP contribution in [0, 0.1) is 0 Å². The molecule has 2 aromatic rings. The number of aromatic nitrogens is 2. The SMILES string of the molecule is CCCc1cc2c(N)ncnc2s1. The van der Waals surface area contributed by atoms with Crippen LogP contribution in [0.1, 0.15) is 18.2 Å². The largest absolute Gasteiger partial charge is 0.383 e. The van der Waals surface area contributed by atoms with E-state index < -0.39 is 0 Å². The molecule has 2 rings (SSSR count). The van der Waals surface area contributed by atoms with Crippen LogP contribution in [0.25, 0.3) is 10.2 Å². The maximum Gasteiger partial charge on any atom is 0.135 e. The lowest BCUT2D eigenvalue weighted by Crippen LogP contribution is -1.89. The molecular weight excluding hydrogens is 182 g/mol. The van der Waals surface area contributed by atoms with E-state index in [1.54, 1.807) is 11.3 Å². The summed E-state index contributed by atoms with van der Waals surface area (Å²) in [7, 11) is 0. The molecule has 0 saturated carbocycles. The number of nitrogens with two attached hydrogens (primary N) is 1. The van der Waals surface area contributed by atoms with Gasteiger partial charge in [-0.1, -0.05) is 13.3 Å². The molecule has 68 valence electrons. The molecule has 0 aliphatic rings. The second kappa shape index (κ2) is 3.30. The molecule has 0 saturated heterocycles. The molecule has 0 bridgehead atoms. The fourth-order valence-corrected chi connectivity index (χ4v) is 2.40. The van der Waals surface area contributed by atoms with Crippen molar-refractivity contribution in [1.29, 1.82) is 0 Å². The summed E-state index contributed by atoms with van der Waals surface area (Å²) in [6, 6.07) is 2.10. The van der Waals surface area contributed by atoms with Crippen molar-refractivity contribution < 1.29 is 0 Å². The Morgan fingerprint density at radius 3 is 3.00 bits per heavy atom. The first-order valence-corrected chi connectivity index (χ1v) is 5.12. The number of rotatable bonds is 2. The third kappa shape index (κ3) is 1.49. The van der Waals surface area contributed by atoms with Crippen molar-refractivity contribution in [2.75, 3.05) is 5.73 Å². The van der Waals surface area contributed by atoms with E-state index in [4.69, 9.17) is 5.73 Å². The molecule has 0 spiro atoms. The first kappa shape index (κ1) is 8.44. The van der Waals surface area contributed by atoms with E-state index in [0.717, 1.165) is 23.1 Å². The molecule has 4 heteroatoms. The van der Waals surface area contributed by atoms with E-state index in [-0.39, 0.29) is 0 Å². The van der Waals surface area contributed by atoms with Crippen LogP contribution in [0.15, 0.2) is 12.4 Å². The zero-order valence-electron chi connectivity index (χ0n) is 7.45. The molecule has 13 heavy (non-hydrogen) atoms. The minimum Gasteiger partial charge on any atom is -0.383 e. The number of hydrogen-bond acceptors (Lipinski definition) is 4. The van der Waals surface area contributed by atoms with Crippen molar-refractivity contribution in [2.45, 2.75) is 19.8 Å². The molecule has 0 amide bonds. The second-order valence-corrected chi connectivity index (χ2v) is 4.06. The predicted molar refractivity (Wildman–Crippen MR) is 55.8 cm³/mol. The van der Waals surface area contributed by atoms with E-state index >= 15 is 0 Å². The Balaban J connectivity index is 2.55. The summed E-state index contributed by atoms with van der Waals surface area (Å²) in [5.74, 6) is 0.587. The maximum absolute atomic E-state index is 5.72. The molecule has 0 unspecified atom stereocenters. The molecular formula is C9H11N3S. The van der Waals surface area contributed by atoms with Crippen LogP contribution in [0.3, 0.4) is 0 Å². The molecule has 2 heterocycles. The van der Waals surface area contributed by atoms with Gasteiger partial charge in [-0.25, -0.2) is 9.97 Å². The fraction of sp³-hybridized carbons (Fsp3) is 0.333. The van der Waals surface area contributed by atoms with Crippen LogP contribution >= 0.6 is 11.3 Å². The number of thiophene rings is 1. The average Bonchev–Trinajstić information content (AvgIpc) is 2.49. The van der Waals surface area contributed by atoms with Crippen LogP contribution in [0.2, 0.25) is 0 Å². The summed E-state index contributed by atoms with van der Waals surface area (Å²) >= 11 is 1.70. The highest BCUT2D eigenvalue weighted by Gasteiger charge is 2.04. The lowest BCUT2D eigenvalue weighted by Gasteiger charge is -1.90. The van der Waals surface area contributed by atoms with Crippen molar-refractivity contribution in [3.63, 3.8) is 0 Å². The van der Waals surface area contributed by atoms with Gasteiger partial charge in [0.25, 0.3) is 0 Å². The standard InChI is InChI=1S/C9H11N3S/c1-2-3-6-4-7-8(10)11-5-12-9(7)13-6/h4-5H,2-3H2,1H3,(H2,10,11,12). The smallest absolute Gasteiger partial charge is 0.135 e. The van der Waals surface area contributed by atoms with Gasteiger partial charge in [0.1, 0.15) is 17.0 Å². The van der Waals surface area contributed by atoms with Crippen molar-refractivity contribution in [3.05, 3.63) is 17.3 Å². The van der Waals surface area contributed by atoms with Gasteiger partial charge in [0.05, 0.1) is 5.39 Å². The van der Waals surface area contributed by atoms with Crippen LogP contribution in [-0.4, -0.2) is 9.97 Å². The quantitative estimate of drug-likeness (QED) is 0.795. The lowest BCUT2D eigenvalue weighted by atomic mass is 10.2. The summed E-state index contributed by atoms with van der Waals surface area (Å²) in [6.07, 6.45) is 3.77. The van der Waals surface area contributed by atoms with Crippen LogP contribution < -0.4 is 5.73 Å². The third-order valence-electron chi connectivity index (χ3n) is 1.91. The van der Waals surface area contributed by atoms with Crippen LogP contribution in [0.4, 0.5) is 5.82 Å². The molecule has 3 nitrogen and oxygen atoms in total. The van der Waals surface area contributed by atoms with Gasteiger partial charge in [0, 0.05) is 4.88 Å². The van der Waals surface area contributed by atoms with Gasteiger partial charge in [0.15, 0.2) is 0 Å². The summed E-state index contributed by atoms with van der Waals surface area (Å²) in [6.45, 7) is 2.17.